The maximum Gasteiger partial charge on any atom is 0.263 e. The van der Waals surface area contributed by atoms with Crippen molar-refractivity contribution in [2.45, 2.75) is 18.7 Å². The predicted octanol–water partition coefficient (Wildman–Crippen LogP) is 2.09. The molecule has 3 aromatic rings. The van der Waals surface area contributed by atoms with E-state index in [4.69, 9.17) is 4.74 Å². The van der Waals surface area contributed by atoms with Gasteiger partial charge in [-0.1, -0.05) is 0 Å². The van der Waals surface area contributed by atoms with E-state index < -0.39 is 10.0 Å². The van der Waals surface area contributed by atoms with E-state index >= 15 is 0 Å². The van der Waals surface area contributed by atoms with E-state index in [1.807, 2.05) is 19.9 Å². The van der Waals surface area contributed by atoms with Crippen molar-refractivity contribution in [2.75, 3.05) is 11.8 Å². The lowest BCUT2D eigenvalue weighted by Crippen LogP contribution is -2.14. The van der Waals surface area contributed by atoms with Crippen molar-refractivity contribution in [3.05, 3.63) is 54.1 Å². The van der Waals surface area contributed by atoms with E-state index in [0.29, 0.717) is 11.6 Å². The van der Waals surface area contributed by atoms with Crippen LogP contribution in [0.1, 0.15) is 11.4 Å². The Bertz CT molecular complexity index is 997. The number of hydrogen-bond donors (Lipinski definition) is 1. The topological polar surface area (TPSA) is 99.0 Å². The molecule has 0 aliphatic rings. The van der Waals surface area contributed by atoms with Gasteiger partial charge in [-0.15, -0.1) is 0 Å². The lowest BCUT2D eigenvalue weighted by Gasteiger charge is -2.09. The largest absolute Gasteiger partial charge is 0.497 e. The molecule has 1 aromatic carbocycles. The number of benzene rings is 1. The molecule has 0 fully saturated rings. The van der Waals surface area contributed by atoms with E-state index in [1.165, 1.54) is 31.6 Å². The lowest BCUT2D eigenvalue weighted by atomic mass is 10.3. The highest BCUT2D eigenvalue weighted by molar-refractivity contribution is 7.92. The minimum absolute atomic E-state index is 0.111. The minimum atomic E-state index is -3.77. The standard InChI is InChI=1S/C16H17N5O3S/c1-11-8-12(2)21(19-11)16-9-15(17-10-18-16)20-25(22,23)14-6-4-13(24-3)5-7-14/h4-10H,1-3H3,(H,17,18,20). The number of hydrogen-bond acceptors (Lipinski definition) is 6. The fourth-order valence-electron chi connectivity index (χ4n) is 2.33. The van der Waals surface area contributed by atoms with Crippen LogP contribution in [0.2, 0.25) is 0 Å². The summed E-state index contributed by atoms with van der Waals surface area (Å²) in [7, 11) is -2.25. The molecule has 0 radical (unpaired) electrons. The number of sulfonamides is 1. The maximum atomic E-state index is 12.5. The molecule has 0 saturated carbocycles. The van der Waals surface area contributed by atoms with Crippen LogP contribution in [0.25, 0.3) is 5.82 Å². The first-order valence-electron chi connectivity index (χ1n) is 7.41. The van der Waals surface area contributed by atoms with Crippen LogP contribution < -0.4 is 9.46 Å². The molecule has 3 rings (SSSR count). The van der Waals surface area contributed by atoms with Crippen LogP contribution in [0.15, 0.2) is 47.6 Å². The number of methoxy groups -OCH3 is 1. The monoisotopic (exact) mass is 359 g/mol. The molecular formula is C16H17N5O3S. The van der Waals surface area contributed by atoms with E-state index in [2.05, 4.69) is 19.8 Å². The first-order chi connectivity index (χ1) is 11.9. The second-order valence-corrected chi connectivity index (χ2v) is 7.06. The summed E-state index contributed by atoms with van der Waals surface area (Å²) in [5.74, 6) is 1.22. The van der Waals surface area contributed by atoms with Gasteiger partial charge in [0.1, 0.15) is 17.9 Å². The zero-order chi connectivity index (χ0) is 18.0. The molecule has 0 aliphatic heterocycles. The molecule has 0 bridgehead atoms. The second-order valence-electron chi connectivity index (χ2n) is 5.38. The summed E-state index contributed by atoms with van der Waals surface area (Å²) in [6.45, 7) is 3.77. The van der Waals surface area contributed by atoms with E-state index in [9.17, 15) is 8.42 Å². The fraction of sp³-hybridized carbons (Fsp3) is 0.188. The third kappa shape index (κ3) is 3.61. The number of ether oxygens (including phenoxy) is 1. The van der Waals surface area contributed by atoms with Gasteiger partial charge < -0.3 is 4.74 Å². The minimum Gasteiger partial charge on any atom is -0.497 e. The molecule has 0 aliphatic carbocycles. The summed E-state index contributed by atoms with van der Waals surface area (Å²) in [6.07, 6.45) is 1.29. The second kappa shape index (κ2) is 6.52. The average Bonchev–Trinajstić information content (AvgIpc) is 2.93. The Labute approximate surface area is 145 Å². The zero-order valence-electron chi connectivity index (χ0n) is 14.0. The van der Waals surface area contributed by atoms with Gasteiger partial charge in [0.15, 0.2) is 5.82 Å². The molecule has 0 atom stereocenters. The van der Waals surface area contributed by atoms with Crippen molar-refractivity contribution in [1.29, 1.82) is 0 Å². The Hall–Kier alpha value is -2.94. The van der Waals surface area contributed by atoms with Crippen molar-refractivity contribution in [2.24, 2.45) is 0 Å². The zero-order valence-corrected chi connectivity index (χ0v) is 14.8. The summed E-state index contributed by atoms with van der Waals surface area (Å²) in [4.78, 5) is 8.24. The summed E-state index contributed by atoms with van der Waals surface area (Å²) in [5, 5.41) is 4.33. The predicted molar refractivity (Wildman–Crippen MR) is 92.4 cm³/mol. The Kier molecular flexibility index (Phi) is 4.41. The van der Waals surface area contributed by atoms with Gasteiger partial charge in [0.25, 0.3) is 10.0 Å². The summed E-state index contributed by atoms with van der Waals surface area (Å²) in [5.41, 5.74) is 1.73. The van der Waals surface area contributed by atoms with Crippen LogP contribution in [0.3, 0.4) is 0 Å². The normalized spacial score (nSPS) is 11.3. The van der Waals surface area contributed by atoms with E-state index in [0.717, 1.165) is 11.4 Å². The molecule has 130 valence electrons. The number of nitrogens with zero attached hydrogens (tertiary/aromatic N) is 4. The smallest absolute Gasteiger partial charge is 0.263 e. The highest BCUT2D eigenvalue weighted by Gasteiger charge is 2.16. The van der Waals surface area contributed by atoms with Gasteiger partial charge in [-0.2, -0.15) is 5.10 Å². The van der Waals surface area contributed by atoms with Gasteiger partial charge in [-0.05, 0) is 44.2 Å². The Morgan fingerprint density at radius 1 is 1.08 bits per heavy atom. The van der Waals surface area contributed by atoms with Crippen molar-refractivity contribution < 1.29 is 13.2 Å². The summed E-state index contributed by atoms with van der Waals surface area (Å²) in [6, 6.07) is 9.52. The van der Waals surface area contributed by atoms with Crippen molar-refractivity contribution >= 4 is 15.8 Å². The van der Waals surface area contributed by atoms with Crippen LogP contribution in [0.5, 0.6) is 5.75 Å². The third-order valence-corrected chi connectivity index (χ3v) is 4.86. The quantitative estimate of drug-likeness (QED) is 0.749. The Balaban J connectivity index is 1.89. The number of nitrogens with one attached hydrogen (secondary N) is 1. The molecular weight excluding hydrogens is 342 g/mol. The number of aryl methyl sites for hydroxylation is 2. The van der Waals surface area contributed by atoms with Gasteiger partial charge in [-0.25, -0.2) is 23.1 Å². The molecule has 2 aromatic heterocycles. The highest BCUT2D eigenvalue weighted by atomic mass is 32.2. The SMILES string of the molecule is COc1ccc(S(=O)(=O)Nc2cc(-n3nc(C)cc3C)ncn2)cc1. The number of anilines is 1. The van der Waals surface area contributed by atoms with Gasteiger partial charge in [0.05, 0.1) is 17.7 Å². The maximum absolute atomic E-state index is 12.5. The van der Waals surface area contributed by atoms with Crippen LogP contribution in [-0.4, -0.2) is 35.3 Å². The molecule has 0 saturated heterocycles. The van der Waals surface area contributed by atoms with Gasteiger partial charge in [0.2, 0.25) is 0 Å². The van der Waals surface area contributed by atoms with Crippen molar-refractivity contribution in [3.8, 4) is 11.6 Å². The van der Waals surface area contributed by atoms with Gasteiger partial charge >= 0.3 is 0 Å². The molecule has 0 spiro atoms. The Morgan fingerprint density at radius 3 is 2.40 bits per heavy atom. The Morgan fingerprint density at radius 2 is 1.80 bits per heavy atom. The van der Waals surface area contributed by atoms with Crippen LogP contribution in [0, 0.1) is 13.8 Å². The van der Waals surface area contributed by atoms with Crippen LogP contribution in [-0.2, 0) is 10.0 Å². The van der Waals surface area contributed by atoms with Crippen LogP contribution >= 0.6 is 0 Å². The first-order valence-corrected chi connectivity index (χ1v) is 8.90. The molecule has 2 heterocycles. The first kappa shape index (κ1) is 16.9. The third-order valence-electron chi connectivity index (χ3n) is 3.49. The van der Waals surface area contributed by atoms with Crippen molar-refractivity contribution in [1.82, 2.24) is 19.7 Å². The summed E-state index contributed by atoms with van der Waals surface area (Å²) < 4.78 is 34.1. The van der Waals surface area contributed by atoms with Crippen LogP contribution in [0.4, 0.5) is 5.82 Å². The highest BCUT2D eigenvalue weighted by Crippen LogP contribution is 2.19. The average molecular weight is 359 g/mol. The molecule has 1 N–H and O–H groups in total. The molecule has 25 heavy (non-hydrogen) atoms. The van der Waals surface area contributed by atoms with Gasteiger partial charge in [0, 0.05) is 11.8 Å². The van der Waals surface area contributed by atoms with E-state index in [1.54, 1.807) is 16.8 Å². The molecule has 9 heteroatoms. The van der Waals surface area contributed by atoms with Crippen molar-refractivity contribution in [3.63, 3.8) is 0 Å². The molecule has 0 unspecified atom stereocenters. The molecule has 8 nitrogen and oxygen atoms in total. The summed E-state index contributed by atoms with van der Waals surface area (Å²) >= 11 is 0. The number of aromatic nitrogens is 4. The fourth-order valence-corrected chi connectivity index (χ4v) is 3.33. The lowest BCUT2D eigenvalue weighted by molar-refractivity contribution is 0.414. The van der Waals surface area contributed by atoms with Gasteiger partial charge in [-0.3, -0.25) is 4.72 Å². The molecule has 0 amide bonds. The number of rotatable bonds is 5. The van der Waals surface area contributed by atoms with E-state index in [-0.39, 0.29) is 10.7 Å².